The van der Waals surface area contributed by atoms with Crippen molar-refractivity contribution in [3.8, 4) is 0 Å². The van der Waals surface area contributed by atoms with Crippen molar-refractivity contribution < 1.29 is 14.3 Å². The van der Waals surface area contributed by atoms with E-state index in [9.17, 15) is 4.79 Å². The fourth-order valence-electron chi connectivity index (χ4n) is 2.00. The minimum absolute atomic E-state index is 0.250. The standard InChI is InChI=1S/C12H24N2O3/c1-5-16-12(6-7-13)8-14(9-12)10(15)17-11(2,3)4/h5-9,13H2,1-4H3. The van der Waals surface area contributed by atoms with Crippen molar-refractivity contribution in [1.29, 1.82) is 0 Å². The molecule has 0 atom stereocenters. The molecule has 1 amide bonds. The average Bonchev–Trinajstić information content (AvgIpc) is 2.10. The number of carbonyl (C=O) groups excluding carboxylic acids is 1. The van der Waals surface area contributed by atoms with Crippen LogP contribution >= 0.6 is 0 Å². The normalized spacial score (nSPS) is 18.8. The van der Waals surface area contributed by atoms with E-state index in [1.807, 2.05) is 27.7 Å². The summed E-state index contributed by atoms with van der Waals surface area (Å²) in [5.74, 6) is 0. The predicted molar refractivity (Wildman–Crippen MR) is 65.8 cm³/mol. The molecular formula is C12H24N2O3. The Labute approximate surface area is 103 Å². The summed E-state index contributed by atoms with van der Waals surface area (Å²) in [5, 5.41) is 0. The molecule has 0 saturated carbocycles. The third-order valence-electron chi connectivity index (χ3n) is 2.66. The van der Waals surface area contributed by atoms with Crippen LogP contribution < -0.4 is 5.73 Å². The van der Waals surface area contributed by atoms with Gasteiger partial charge in [0.05, 0.1) is 13.1 Å². The van der Waals surface area contributed by atoms with Crippen LogP contribution in [0.2, 0.25) is 0 Å². The minimum atomic E-state index is -0.450. The van der Waals surface area contributed by atoms with Crippen molar-refractivity contribution >= 4 is 6.09 Å². The Balaban J connectivity index is 2.45. The lowest BCUT2D eigenvalue weighted by Gasteiger charge is -2.49. The van der Waals surface area contributed by atoms with Crippen LogP contribution in [-0.4, -0.2) is 48.4 Å². The average molecular weight is 244 g/mol. The number of carbonyl (C=O) groups is 1. The molecule has 100 valence electrons. The summed E-state index contributed by atoms with van der Waals surface area (Å²) in [7, 11) is 0. The summed E-state index contributed by atoms with van der Waals surface area (Å²) in [5.41, 5.74) is 4.86. The lowest BCUT2D eigenvalue weighted by atomic mass is 9.90. The van der Waals surface area contributed by atoms with Crippen LogP contribution in [0.15, 0.2) is 0 Å². The smallest absolute Gasteiger partial charge is 0.410 e. The Morgan fingerprint density at radius 2 is 2.00 bits per heavy atom. The zero-order valence-corrected chi connectivity index (χ0v) is 11.3. The Hall–Kier alpha value is -0.810. The third-order valence-corrected chi connectivity index (χ3v) is 2.66. The van der Waals surface area contributed by atoms with Crippen molar-refractivity contribution in [3.05, 3.63) is 0 Å². The molecule has 5 nitrogen and oxygen atoms in total. The van der Waals surface area contributed by atoms with Gasteiger partial charge in [-0.25, -0.2) is 4.79 Å². The van der Waals surface area contributed by atoms with Crippen LogP contribution in [0.25, 0.3) is 0 Å². The van der Waals surface area contributed by atoms with Gasteiger partial charge in [-0.1, -0.05) is 0 Å². The molecule has 0 aliphatic carbocycles. The maximum Gasteiger partial charge on any atom is 0.410 e. The lowest BCUT2D eigenvalue weighted by Crippen LogP contribution is -2.65. The van der Waals surface area contributed by atoms with E-state index < -0.39 is 5.60 Å². The molecule has 0 aromatic carbocycles. The molecule has 1 saturated heterocycles. The number of hydrogen-bond donors (Lipinski definition) is 1. The second-order valence-corrected chi connectivity index (χ2v) is 5.49. The molecule has 0 aromatic rings. The minimum Gasteiger partial charge on any atom is -0.444 e. The van der Waals surface area contributed by atoms with E-state index in [0.29, 0.717) is 26.2 Å². The fraction of sp³-hybridized carbons (Fsp3) is 0.917. The lowest BCUT2D eigenvalue weighted by molar-refractivity contribution is -0.139. The summed E-state index contributed by atoms with van der Waals surface area (Å²) in [6.07, 6.45) is 0.505. The van der Waals surface area contributed by atoms with Gasteiger partial charge in [-0.05, 0) is 40.7 Å². The van der Waals surface area contributed by atoms with Gasteiger partial charge in [0.25, 0.3) is 0 Å². The SMILES string of the molecule is CCOC1(CCN)CN(C(=O)OC(C)(C)C)C1. The van der Waals surface area contributed by atoms with Gasteiger partial charge in [0.15, 0.2) is 0 Å². The quantitative estimate of drug-likeness (QED) is 0.811. The van der Waals surface area contributed by atoms with Crippen molar-refractivity contribution in [2.45, 2.75) is 45.3 Å². The highest BCUT2D eigenvalue weighted by atomic mass is 16.6. The summed E-state index contributed by atoms with van der Waals surface area (Å²) in [6.45, 7) is 9.90. The largest absolute Gasteiger partial charge is 0.444 e. The molecule has 0 aromatic heterocycles. The van der Waals surface area contributed by atoms with Gasteiger partial charge < -0.3 is 20.1 Å². The zero-order chi connectivity index (χ0) is 13.1. The Bertz CT molecular complexity index is 259. The van der Waals surface area contributed by atoms with E-state index >= 15 is 0 Å². The molecule has 0 unspecified atom stereocenters. The first kappa shape index (κ1) is 14.3. The van der Waals surface area contributed by atoms with Crippen molar-refractivity contribution in [1.82, 2.24) is 4.90 Å². The third kappa shape index (κ3) is 3.85. The van der Waals surface area contributed by atoms with E-state index in [1.54, 1.807) is 4.90 Å². The van der Waals surface area contributed by atoms with Crippen LogP contribution in [0.3, 0.4) is 0 Å². The number of rotatable bonds is 4. The van der Waals surface area contributed by atoms with E-state index in [1.165, 1.54) is 0 Å². The molecule has 17 heavy (non-hydrogen) atoms. The highest BCUT2D eigenvalue weighted by Gasteiger charge is 2.46. The van der Waals surface area contributed by atoms with Gasteiger partial charge in [0.1, 0.15) is 11.2 Å². The molecule has 2 N–H and O–H groups in total. The summed E-state index contributed by atoms with van der Waals surface area (Å²) in [6, 6.07) is 0. The second-order valence-electron chi connectivity index (χ2n) is 5.49. The van der Waals surface area contributed by atoms with Crippen molar-refractivity contribution in [3.63, 3.8) is 0 Å². The number of nitrogens with two attached hydrogens (primary N) is 1. The first-order valence-electron chi connectivity index (χ1n) is 6.14. The molecule has 1 aliphatic rings. The summed E-state index contributed by atoms with van der Waals surface area (Å²) in [4.78, 5) is 13.4. The molecule has 1 aliphatic heterocycles. The number of amides is 1. The van der Waals surface area contributed by atoms with Crippen LogP contribution in [0, 0.1) is 0 Å². The van der Waals surface area contributed by atoms with Gasteiger partial charge >= 0.3 is 6.09 Å². The van der Waals surface area contributed by atoms with Crippen molar-refractivity contribution in [2.24, 2.45) is 5.73 Å². The fourth-order valence-corrected chi connectivity index (χ4v) is 2.00. The van der Waals surface area contributed by atoms with Gasteiger partial charge in [0.2, 0.25) is 0 Å². The van der Waals surface area contributed by atoms with Gasteiger partial charge in [-0.3, -0.25) is 0 Å². The first-order chi connectivity index (χ1) is 7.82. The topological polar surface area (TPSA) is 64.8 Å². The molecular weight excluding hydrogens is 220 g/mol. The highest BCUT2D eigenvalue weighted by molar-refractivity contribution is 5.69. The van der Waals surface area contributed by atoms with E-state index in [4.69, 9.17) is 15.2 Å². The highest BCUT2D eigenvalue weighted by Crippen LogP contribution is 2.29. The molecule has 0 bridgehead atoms. The van der Waals surface area contributed by atoms with Crippen molar-refractivity contribution in [2.75, 3.05) is 26.2 Å². The molecule has 1 fully saturated rings. The van der Waals surface area contributed by atoms with Crippen LogP contribution in [0.1, 0.15) is 34.1 Å². The Morgan fingerprint density at radius 1 is 1.41 bits per heavy atom. The number of hydrogen-bond acceptors (Lipinski definition) is 4. The monoisotopic (exact) mass is 244 g/mol. The number of nitrogens with zero attached hydrogens (tertiary/aromatic N) is 1. The van der Waals surface area contributed by atoms with E-state index in [-0.39, 0.29) is 11.7 Å². The molecule has 1 heterocycles. The molecule has 0 spiro atoms. The van der Waals surface area contributed by atoms with E-state index in [2.05, 4.69) is 0 Å². The number of likely N-dealkylation sites (tertiary alicyclic amines) is 1. The maximum atomic E-state index is 11.8. The molecule has 0 radical (unpaired) electrons. The predicted octanol–water partition coefficient (Wildman–Crippen LogP) is 1.36. The Kier molecular flexibility index (Phi) is 4.38. The zero-order valence-electron chi connectivity index (χ0n) is 11.3. The number of ether oxygens (including phenoxy) is 2. The first-order valence-corrected chi connectivity index (χ1v) is 6.14. The van der Waals surface area contributed by atoms with Gasteiger partial charge in [0, 0.05) is 6.61 Å². The van der Waals surface area contributed by atoms with E-state index in [0.717, 1.165) is 6.42 Å². The molecule has 1 rings (SSSR count). The van der Waals surface area contributed by atoms with Crippen LogP contribution in [-0.2, 0) is 9.47 Å². The summed E-state index contributed by atoms with van der Waals surface area (Å²) < 4.78 is 11.0. The van der Waals surface area contributed by atoms with Gasteiger partial charge in [-0.15, -0.1) is 0 Å². The maximum absolute atomic E-state index is 11.8. The second kappa shape index (κ2) is 5.23. The van der Waals surface area contributed by atoms with Gasteiger partial charge in [-0.2, -0.15) is 0 Å². The summed E-state index contributed by atoms with van der Waals surface area (Å²) >= 11 is 0. The van der Waals surface area contributed by atoms with Crippen LogP contribution in [0.5, 0.6) is 0 Å². The molecule has 5 heteroatoms. The Morgan fingerprint density at radius 3 is 2.41 bits per heavy atom. The van der Waals surface area contributed by atoms with Crippen LogP contribution in [0.4, 0.5) is 4.79 Å².